The number of rotatable bonds is 4. The largest absolute Gasteiger partial charge is 0.480 e. The molecule has 1 heterocycles. The zero-order valence-electron chi connectivity index (χ0n) is 10.1. The van der Waals surface area contributed by atoms with Crippen LogP contribution in [-0.4, -0.2) is 54.9 Å². The van der Waals surface area contributed by atoms with Gasteiger partial charge in [0.05, 0.1) is 6.61 Å². The Kier molecular flexibility index (Phi) is 5.76. The summed E-state index contributed by atoms with van der Waals surface area (Å²) in [5, 5.41) is 11.8. The van der Waals surface area contributed by atoms with Gasteiger partial charge in [0.25, 0.3) is 0 Å². The number of carbonyl (C=O) groups is 2. The monoisotopic (exact) mass is 244 g/mol. The molecule has 1 unspecified atom stereocenters. The van der Waals surface area contributed by atoms with Crippen LogP contribution in [0, 0.1) is 0 Å². The van der Waals surface area contributed by atoms with Crippen molar-refractivity contribution < 1.29 is 19.4 Å². The summed E-state index contributed by atoms with van der Waals surface area (Å²) >= 11 is 0. The fourth-order valence-corrected chi connectivity index (χ4v) is 1.97. The number of amides is 2. The third-order valence-corrected chi connectivity index (χ3v) is 2.88. The fourth-order valence-electron chi connectivity index (χ4n) is 1.97. The Labute approximate surface area is 101 Å². The van der Waals surface area contributed by atoms with Crippen molar-refractivity contribution in [2.45, 2.75) is 31.7 Å². The molecule has 98 valence electrons. The van der Waals surface area contributed by atoms with Crippen molar-refractivity contribution in [1.29, 1.82) is 0 Å². The maximum atomic E-state index is 11.8. The van der Waals surface area contributed by atoms with Gasteiger partial charge < -0.3 is 20.1 Å². The highest BCUT2D eigenvalue weighted by atomic mass is 16.5. The van der Waals surface area contributed by atoms with E-state index in [0.29, 0.717) is 26.1 Å². The molecule has 0 aromatic carbocycles. The molecule has 0 aromatic rings. The average molecular weight is 244 g/mol. The van der Waals surface area contributed by atoms with Crippen LogP contribution in [0.5, 0.6) is 0 Å². The van der Waals surface area contributed by atoms with Crippen LogP contribution in [0.2, 0.25) is 0 Å². The Bertz CT molecular complexity index is 270. The second kappa shape index (κ2) is 7.11. The number of carbonyl (C=O) groups excluding carboxylic acids is 1. The molecule has 2 amide bonds. The Balaban J connectivity index is 2.55. The smallest absolute Gasteiger partial charge is 0.326 e. The van der Waals surface area contributed by atoms with E-state index in [-0.39, 0.29) is 6.03 Å². The van der Waals surface area contributed by atoms with E-state index < -0.39 is 12.0 Å². The fraction of sp³-hybridized carbons (Fsp3) is 0.818. The zero-order valence-corrected chi connectivity index (χ0v) is 10.1. The molecule has 0 aliphatic carbocycles. The van der Waals surface area contributed by atoms with E-state index in [9.17, 15) is 9.59 Å². The standard InChI is InChI=1S/C11H20N2O4/c1-17-8-6-12-11(16)13-7-4-2-3-5-9(13)10(14)15/h9H,2-8H2,1H3,(H,12,16)(H,14,15). The van der Waals surface area contributed by atoms with E-state index in [0.717, 1.165) is 19.3 Å². The molecule has 0 spiro atoms. The summed E-state index contributed by atoms with van der Waals surface area (Å²) in [6.07, 6.45) is 3.24. The number of methoxy groups -OCH3 is 1. The number of carboxylic acids is 1. The van der Waals surface area contributed by atoms with Gasteiger partial charge in [0, 0.05) is 20.2 Å². The number of nitrogens with one attached hydrogen (secondary N) is 1. The normalized spacial score (nSPS) is 20.8. The number of aliphatic carboxylic acids is 1. The number of hydrogen-bond donors (Lipinski definition) is 2. The molecule has 0 bridgehead atoms. The lowest BCUT2D eigenvalue weighted by molar-refractivity contribution is -0.142. The van der Waals surface area contributed by atoms with Gasteiger partial charge >= 0.3 is 12.0 Å². The second-order valence-electron chi connectivity index (χ2n) is 4.12. The van der Waals surface area contributed by atoms with Gasteiger partial charge in [0.2, 0.25) is 0 Å². The zero-order chi connectivity index (χ0) is 12.7. The summed E-state index contributed by atoms with van der Waals surface area (Å²) in [5.41, 5.74) is 0. The van der Waals surface area contributed by atoms with Crippen molar-refractivity contribution in [1.82, 2.24) is 10.2 Å². The van der Waals surface area contributed by atoms with E-state index in [1.54, 1.807) is 7.11 Å². The third-order valence-electron chi connectivity index (χ3n) is 2.88. The van der Waals surface area contributed by atoms with Crippen molar-refractivity contribution in [3.05, 3.63) is 0 Å². The minimum atomic E-state index is -0.922. The van der Waals surface area contributed by atoms with Gasteiger partial charge in [0.15, 0.2) is 0 Å². The number of likely N-dealkylation sites (tertiary alicyclic amines) is 1. The summed E-state index contributed by atoms with van der Waals surface area (Å²) in [5.74, 6) is -0.922. The molecular formula is C11H20N2O4. The summed E-state index contributed by atoms with van der Waals surface area (Å²) in [6.45, 7) is 1.34. The Morgan fingerprint density at radius 1 is 1.41 bits per heavy atom. The molecule has 6 nitrogen and oxygen atoms in total. The maximum absolute atomic E-state index is 11.8. The molecule has 2 N–H and O–H groups in total. The predicted molar refractivity (Wildman–Crippen MR) is 61.9 cm³/mol. The van der Waals surface area contributed by atoms with Crippen LogP contribution in [0.15, 0.2) is 0 Å². The molecule has 1 aliphatic rings. The van der Waals surface area contributed by atoms with Crippen LogP contribution < -0.4 is 5.32 Å². The van der Waals surface area contributed by atoms with Crippen molar-refractivity contribution in [3.8, 4) is 0 Å². The summed E-state index contributed by atoms with van der Waals surface area (Å²) in [4.78, 5) is 24.4. The molecule has 0 aromatic heterocycles. The molecule has 1 fully saturated rings. The minimum absolute atomic E-state index is 0.309. The third kappa shape index (κ3) is 4.22. The van der Waals surface area contributed by atoms with Crippen LogP contribution in [0.25, 0.3) is 0 Å². The quantitative estimate of drug-likeness (QED) is 0.712. The lowest BCUT2D eigenvalue weighted by Crippen LogP contribution is -2.49. The summed E-state index contributed by atoms with van der Waals surface area (Å²) < 4.78 is 4.83. The summed E-state index contributed by atoms with van der Waals surface area (Å²) in [6, 6.07) is -1.00. The lowest BCUT2D eigenvalue weighted by atomic mass is 10.1. The first-order chi connectivity index (χ1) is 8.16. The summed E-state index contributed by atoms with van der Waals surface area (Å²) in [7, 11) is 1.55. The number of urea groups is 1. The Morgan fingerprint density at radius 2 is 2.18 bits per heavy atom. The topological polar surface area (TPSA) is 78.9 Å². The Morgan fingerprint density at radius 3 is 2.82 bits per heavy atom. The van der Waals surface area contributed by atoms with E-state index in [2.05, 4.69) is 5.32 Å². The molecule has 17 heavy (non-hydrogen) atoms. The number of ether oxygens (including phenoxy) is 1. The van der Waals surface area contributed by atoms with Crippen molar-refractivity contribution >= 4 is 12.0 Å². The van der Waals surface area contributed by atoms with Gasteiger partial charge in [-0.3, -0.25) is 0 Å². The lowest BCUT2D eigenvalue weighted by Gasteiger charge is -2.27. The molecule has 1 rings (SSSR count). The van der Waals surface area contributed by atoms with Gasteiger partial charge in [-0.25, -0.2) is 9.59 Å². The van der Waals surface area contributed by atoms with Gasteiger partial charge in [-0.1, -0.05) is 12.8 Å². The Hall–Kier alpha value is -1.30. The first-order valence-electron chi connectivity index (χ1n) is 5.93. The minimum Gasteiger partial charge on any atom is -0.480 e. The predicted octanol–water partition coefficient (Wildman–Crippen LogP) is 0.672. The molecule has 0 saturated carbocycles. The second-order valence-corrected chi connectivity index (χ2v) is 4.12. The highest BCUT2D eigenvalue weighted by molar-refractivity contribution is 5.82. The van der Waals surface area contributed by atoms with Gasteiger partial charge in [-0.15, -0.1) is 0 Å². The van der Waals surface area contributed by atoms with Gasteiger partial charge in [0.1, 0.15) is 6.04 Å². The van der Waals surface area contributed by atoms with Gasteiger partial charge in [-0.2, -0.15) is 0 Å². The molecule has 6 heteroatoms. The van der Waals surface area contributed by atoms with Crippen molar-refractivity contribution in [2.75, 3.05) is 26.8 Å². The van der Waals surface area contributed by atoms with Crippen LogP contribution in [0.3, 0.4) is 0 Å². The maximum Gasteiger partial charge on any atom is 0.326 e. The highest BCUT2D eigenvalue weighted by Crippen LogP contribution is 2.16. The molecule has 1 saturated heterocycles. The molecule has 1 atom stereocenters. The van der Waals surface area contributed by atoms with E-state index in [4.69, 9.17) is 9.84 Å². The number of carboxylic acid groups (broad SMARTS) is 1. The molecular weight excluding hydrogens is 224 g/mol. The van der Waals surface area contributed by atoms with Crippen molar-refractivity contribution in [2.24, 2.45) is 0 Å². The molecule has 1 aliphatic heterocycles. The van der Waals surface area contributed by atoms with E-state index >= 15 is 0 Å². The van der Waals surface area contributed by atoms with Crippen molar-refractivity contribution in [3.63, 3.8) is 0 Å². The van der Waals surface area contributed by atoms with E-state index in [1.165, 1.54) is 4.90 Å². The number of hydrogen-bond acceptors (Lipinski definition) is 3. The van der Waals surface area contributed by atoms with Gasteiger partial charge in [-0.05, 0) is 12.8 Å². The first kappa shape index (κ1) is 13.8. The van der Waals surface area contributed by atoms with Crippen LogP contribution in [0.1, 0.15) is 25.7 Å². The van der Waals surface area contributed by atoms with Crippen LogP contribution in [-0.2, 0) is 9.53 Å². The highest BCUT2D eigenvalue weighted by Gasteiger charge is 2.30. The van der Waals surface area contributed by atoms with Crippen LogP contribution in [0.4, 0.5) is 4.79 Å². The van der Waals surface area contributed by atoms with E-state index in [1.807, 2.05) is 0 Å². The average Bonchev–Trinajstić information content (AvgIpc) is 2.54. The SMILES string of the molecule is COCCNC(=O)N1CCCCCC1C(=O)O. The molecule has 0 radical (unpaired) electrons. The van der Waals surface area contributed by atoms with Crippen LogP contribution >= 0.6 is 0 Å². The first-order valence-corrected chi connectivity index (χ1v) is 5.93. The number of nitrogens with zero attached hydrogens (tertiary/aromatic N) is 1.